The lowest BCUT2D eigenvalue weighted by atomic mass is 9.85. The van der Waals surface area contributed by atoms with Crippen LogP contribution in [0.1, 0.15) is 25.8 Å². The molecule has 0 radical (unpaired) electrons. The Morgan fingerprint density at radius 2 is 2.00 bits per heavy atom. The van der Waals surface area contributed by atoms with Gasteiger partial charge in [0.05, 0.1) is 12.0 Å². The first-order chi connectivity index (χ1) is 7.56. The molecule has 0 fully saturated rings. The van der Waals surface area contributed by atoms with Crippen molar-refractivity contribution in [2.75, 3.05) is 6.61 Å². The van der Waals surface area contributed by atoms with E-state index in [1.165, 1.54) is 0 Å². The number of aliphatic hydroxyl groups excluding tert-OH is 1. The Kier molecular flexibility index (Phi) is 4.34. The molecule has 0 heterocycles. The van der Waals surface area contributed by atoms with Crippen molar-refractivity contribution in [3.8, 4) is 11.8 Å². The van der Waals surface area contributed by atoms with Gasteiger partial charge in [-0.1, -0.05) is 35.6 Å². The molecule has 16 heavy (non-hydrogen) atoms. The van der Waals surface area contributed by atoms with E-state index in [2.05, 4.69) is 18.4 Å². The summed E-state index contributed by atoms with van der Waals surface area (Å²) in [4.78, 5) is 0. The minimum Gasteiger partial charge on any atom is -0.395 e. The highest BCUT2D eigenvalue weighted by molar-refractivity contribution is 5.35. The molecule has 1 rings (SSSR count). The van der Waals surface area contributed by atoms with Crippen LogP contribution in [0.4, 0.5) is 0 Å². The van der Waals surface area contributed by atoms with E-state index < -0.39 is 0 Å². The maximum Gasteiger partial charge on any atom is 0.0597 e. The highest BCUT2D eigenvalue weighted by Crippen LogP contribution is 2.23. The molecule has 0 bridgehead atoms. The zero-order valence-corrected chi connectivity index (χ0v) is 9.96. The van der Waals surface area contributed by atoms with Gasteiger partial charge in [-0.15, -0.1) is 6.58 Å². The van der Waals surface area contributed by atoms with Crippen molar-refractivity contribution in [1.82, 2.24) is 0 Å². The number of rotatable bonds is 3. The average Bonchev–Trinajstić information content (AvgIpc) is 2.27. The van der Waals surface area contributed by atoms with Gasteiger partial charge in [-0.2, -0.15) is 0 Å². The molecule has 84 valence electrons. The predicted molar refractivity (Wildman–Crippen MR) is 67.9 cm³/mol. The van der Waals surface area contributed by atoms with E-state index in [0.29, 0.717) is 0 Å². The Morgan fingerprint density at radius 3 is 2.50 bits per heavy atom. The summed E-state index contributed by atoms with van der Waals surface area (Å²) in [6.45, 7) is 7.83. The second kappa shape index (κ2) is 5.53. The number of hydrogen-bond acceptors (Lipinski definition) is 1. The fourth-order valence-corrected chi connectivity index (χ4v) is 1.55. The van der Waals surface area contributed by atoms with Crippen molar-refractivity contribution in [1.29, 1.82) is 0 Å². The van der Waals surface area contributed by atoms with E-state index in [9.17, 15) is 5.11 Å². The second-order valence-electron chi connectivity index (χ2n) is 4.47. The lowest BCUT2D eigenvalue weighted by Crippen LogP contribution is -2.19. The largest absolute Gasteiger partial charge is 0.395 e. The molecular weight excluding hydrogens is 196 g/mol. The average molecular weight is 214 g/mol. The van der Waals surface area contributed by atoms with Gasteiger partial charge in [0, 0.05) is 5.56 Å². The van der Waals surface area contributed by atoms with E-state index in [1.807, 2.05) is 44.2 Å². The van der Waals surface area contributed by atoms with Gasteiger partial charge in [0.2, 0.25) is 0 Å². The van der Waals surface area contributed by atoms with Crippen LogP contribution < -0.4 is 0 Å². The van der Waals surface area contributed by atoms with Crippen molar-refractivity contribution in [2.24, 2.45) is 5.41 Å². The van der Waals surface area contributed by atoms with Crippen LogP contribution in [0, 0.1) is 17.3 Å². The molecule has 0 saturated heterocycles. The van der Waals surface area contributed by atoms with Gasteiger partial charge in [0.1, 0.15) is 0 Å². The van der Waals surface area contributed by atoms with Gasteiger partial charge in [-0.05, 0) is 32.4 Å². The van der Waals surface area contributed by atoms with Gasteiger partial charge < -0.3 is 5.11 Å². The summed E-state index contributed by atoms with van der Waals surface area (Å²) in [6.07, 6.45) is 0.726. The van der Waals surface area contributed by atoms with E-state index >= 15 is 0 Å². The topological polar surface area (TPSA) is 20.2 Å². The standard InChI is InChI=1S/C15H18O/c1-13(2)11-15(3,12-16)10-9-14-7-5-4-6-8-14/h4-8,16H,1,11-12H2,2-3H3. The highest BCUT2D eigenvalue weighted by atomic mass is 16.3. The zero-order chi connectivity index (χ0) is 12.0. The number of benzene rings is 1. The Balaban J connectivity index is 2.85. The van der Waals surface area contributed by atoms with Crippen LogP contribution in [0.15, 0.2) is 42.5 Å². The molecule has 1 nitrogen and oxygen atoms in total. The molecule has 1 atom stereocenters. The molecule has 1 N–H and O–H groups in total. The quantitative estimate of drug-likeness (QED) is 0.606. The zero-order valence-electron chi connectivity index (χ0n) is 9.96. The second-order valence-corrected chi connectivity index (χ2v) is 4.47. The first kappa shape index (κ1) is 12.5. The predicted octanol–water partition coefficient (Wildman–Crippen LogP) is 3.00. The summed E-state index contributed by atoms with van der Waals surface area (Å²) in [6, 6.07) is 9.81. The minimum absolute atomic E-state index is 0.0553. The summed E-state index contributed by atoms with van der Waals surface area (Å²) in [5.74, 6) is 6.22. The molecule has 1 aromatic rings. The van der Waals surface area contributed by atoms with Gasteiger partial charge >= 0.3 is 0 Å². The first-order valence-corrected chi connectivity index (χ1v) is 5.39. The summed E-state index contributed by atoms with van der Waals surface area (Å²) < 4.78 is 0. The van der Waals surface area contributed by atoms with Crippen LogP contribution in [0.5, 0.6) is 0 Å². The van der Waals surface area contributed by atoms with Crippen molar-refractivity contribution in [3.63, 3.8) is 0 Å². The maximum atomic E-state index is 9.37. The van der Waals surface area contributed by atoms with Gasteiger partial charge in [-0.25, -0.2) is 0 Å². The van der Waals surface area contributed by atoms with Crippen LogP contribution in [0.25, 0.3) is 0 Å². The van der Waals surface area contributed by atoms with E-state index in [1.54, 1.807) is 0 Å². The van der Waals surface area contributed by atoms with Crippen LogP contribution >= 0.6 is 0 Å². The van der Waals surface area contributed by atoms with E-state index in [4.69, 9.17) is 0 Å². The Bertz CT molecular complexity index is 408. The minimum atomic E-state index is -0.387. The Hall–Kier alpha value is -1.52. The van der Waals surface area contributed by atoms with Crippen molar-refractivity contribution in [3.05, 3.63) is 48.0 Å². The summed E-state index contributed by atoms with van der Waals surface area (Å²) in [7, 11) is 0. The SMILES string of the molecule is C=C(C)CC(C)(C#Cc1ccccc1)CO. The summed E-state index contributed by atoms with van der Waals surface area (Å²) in [5, 5.41) is 9.37. The molecule has 0 amide bonds. The number of allylic oxidation sites excluding steroid dienone is 1. The van der Waals surface area contributed by atoms with Gasteiger partial charge in [0.25, 0.3) is 0 Å². The molecule has 0 aromatic heterocycles. The third kappa shape index (κ3) is 3.92. The van der Waals surface area contributed by atoms with E-state index in [-0.39, 0.29) is 12.0 Å². The Morgan fingerprint density at radius 1 is 1.38 bits per heavy atom. The fourth-order valence-electron chi connectivity index (χ4n) is 1.55. The molecule has 0 aliphatic heterocycles. The van der Waals surface area contributed by atoms with Gasteiger partial charge in [-0.3, -0.25) is 0 Å². The molecule has 0 saturated carbocycles. The fraction of sp³-hybridized carbons (Fsp3) is 0.333. The van der Waals surface area contributed by atoms with Crippen molar-refractivity contribution < 1.29 is 5.11 Å². The molecule has 0 aliphatic rings. The van der Waals surface area contributed by atoms with Crippen LogP contribution in [0.2, 0.25) is 0 Å². The van der Waals surface area contributed by atoms with Crippen LogP contribution in [-0.4, -0.2) is 11.7 Å². The molecule has 0 spiro atoms. The third-order valence-electron chi connectivity index (χ3n) is 2.32. The Labute approximate surface area is 97.8 Å². The highest BCUT2D eigenvalue weighted by Gasteiger charge is 2.20. The molecule has 1 heteroatoms. The van der Waals surface area contributed by atoms with Gasteiger partial charge in [0.15, 0.2) is 0 Å². The smallest absolute Gasteiger partial charge is 0.0597 e. The first-order valence-electron chi connectivity index (χ1n) is 5.39. The molecule has 1 aromatic carbocycles. The normalized spacial score (nSPS) is 13.4. The van der Waals surface area contributed by atoms with Crippen LogP contribution in [-0.2, 0) is 0 Å². The summed E-state index contributed by atoms with van der Waals surface area (Å²) >= 11 is 0. The van der Waals surface area contributed by atoms with Crippen molar-refractivity contribution in [2.45, 2.75) is 20.3 Å². The molecular formula is C15H18O. The number of aliphatic hydroxyl groups is 1. The summed E-state index contributed by atoms with van der Waals surface area (Å²) in [5.41, 5.74) is 1.63. The molecule has 1 unspecified atom stereocenters. The molecule has 0 aliphatic carbocycles. The lowest BCUT2D eigenvalue weighted by molar-refractivity contribution is 0.191. The van der Waals surface area contributed by atoms with Crippen LogP contribution in [0.3, 0.4) is 0 Å². The monoisotopic (exact) mass is 214 g/mol. The third-order valence-corrected chi connectivity index (χ3v) is 2.32. The van der Waals surface area contributed by atoms with E-state index in [0.717, 1.165) is 17.6 Å². The maximum absolute atomic E-state index is 9.37. The lowest BCUT2D eigenvalue weighted by Gasteiger charge is -2.20. The van der Waals surface area contributed by atoms with Crippen molar-refractivity contribution >= 4 is 0 Å². The number of hydrogen-bond donors (Lipinski definition) is 1.